The van der Waals surface area contributed by atoms with Gasteiger partial charge in [0, 0.05) is 98.8 Å². The largest absolute Gasteiger partial charge is 0.421 e. The molecule has 5 heterocycles. The molecule has 4 aromatic rings. The van der Waals surface area contributed by atoms with Crippen molar-refractivity contribution < 1.29 is 40.4 Å². The Kier molecular flexibility index (Phi) is 10.7. The van der Waals surface area contributed by atoms with Crippen LogP contribution in [0.4, 0.5) is 46.5 Å². The van der Waals surface area contributed by atoms with E-state index in [-0.39, 0.29) is 48.8 Å². The maximum Gasteiger partial charge on any atom is 0.421 e. The first-order valence-corrected chi connectivity index (χ1v) is 19.8. The smallest absolute Gasteiger partial charge is 0.369 e. The van der Waals surface area contributed by atoms with Crippen LogP contribution in [0, 0.1) is 5.82 Å². The molecule has 0 saturated carbocycles. The Bertz CT molecular complexity index is 2320. The summed E-state index contributed by atoms with van der Waals surface area (Å²) in [4.78, 5) is 54.7. The molecule has 0 aliphatic carbocycles. The van der Waals surface area contributed by atoms with Gasteiger partial charge in [-0.2, -0.15) is 18.2 Å². The van der Waals surface area contributed by atoms with Crippen molar-refractivity contribution in [3.8, 4) is 0 Å². The Morgan fingerprint density at radius 1 is 0.982 bits per heavy atom. The van der Waals surface area contributed by atoms with Crippen molar-refractivity contribution in [1.29, 1.82) is 0 Å². The zero-order chi connectivity index (χ0) is 40.6. The summed E-state index contributed by atoms with van der Waals surface area (Å²) >= 11 is 0. The second-order valence-electron chi connectivity index (χ2n) is 13.9. The maximum atomic E-state index is 15.8. The van der Waals surface area contributed by atoms with Crippen LogP contribution in [-0.2, 0) is 45.4 Å². The van der Waals surface area contributed by atoms with Gasteiger partial charge >= 0.3 is 6.18 Å². The number of aromatic nitrogens is 3. The fourth-order valence-corrected chi connectivity index (χ4v) is 7.52. The zero-order valence-corrected chi connectivity index (χ0v) is 31.6. The van der Waals surface area contributed by atoms with Gasteiger partial charge in [0.2, 0.25) is 27.8 Å². The van der Waals surface area contributed by atoms with Crippen LogP contribution in [0.1, 0.15) is 45.5 Å². The molecule has 0 spiro atoms. The van der Waals surface area contributed by atoms with Crippen molar-refractivity contribution in [3.05, 3.63) is 94.6 Å². The van der Waals surface area contributed by atoms with Crippen molar-refractivity contribution in [2.45, 2.75) is 44.7 Å². The van der Waals surface area contributed by atoms with Crippen molar-refractivity contribution >= 4 is 56.7 Å². The average Bonchev–Trinajstić information content (AvgIpc) is 3.51. The molecule has 2 aromatic carbocycles. The molecule has 2 saturated heterocycles. The Morgan fingerprint density at radius 3 is 2.40 bits per heavy atom. The maximum absolute atomic E-state index is 15.8. The topological polar surface area (TPSA) is 173 Å². The predicted molar refractivity (Wildman–Crippen MR) is 202 cm³/mol. The third-order valence-electron chi connectivity index (χ3n) is 10.2. The van der Waals surface area contributed by atoms with Gasteiger partial charge in [-0.15, -0.1) is 0 Å². The number of carbonyl (C=O) groups excluding carboxylic acids is 3. The number of halogens is 4. The molecule has 3 N–H and O–H groups in total. The number of nitrogens with one attached hydrogen (secondary N) is 3. The number of amides is 3. The van der Waals surface area contributed by atoms with E-state index >= 15 is 4.39 Å². The molecule has 2 fully saturated rings. The van der Waals surface area contributed by atoms with Crippen LogP contribution in [0.3, 0.4) is 0 Å². The van der Waals surface area contributed by atoms with Crippen molar-refractivity contribution in [2.75, 3.05) is 59.3 Å². The van der Waals surface area contributed by atoms with Crippen molar-refractivity contribution in [3.63, 3.8) is 0 Å². The second-order valence-corrected chi connectivity index (χ2v) is 15.9. The number of carbonyl (C=O) groups is 3. The lowest BCUT2D eigenvalue weighted by Crippen LogP contribution is -2.52. The van der Waals surface area contributed by atoms with Crippen LogP contribution in [0.25, 0.3) is 0 Å². The Morgan fingerprint density at radius 2 is 1.72 bits per heavy atom. The summed E-state index contributed by atoms with van der Waals surface area (Å²) in [5, 5.41) is 7.86. The highest BCUT2D eigenvalue weighted by Crippen LogP contribution is 2.35. The lowest BCUT2D eigenvalue weighted by atomic mass is 10.0. The lowest BCUT2D eigenvalue weighted by molar-refractivity contribution is -0.138. The first kappa shape index (κ1) is 39.3. The average molecular weight is 811 g/mol. The number of sulfonamides is 1. The van der Waals surface area contributed by atoms with Crippen LogP contribution in [-0.4, -0.2) is 96.4 Å². The van der Waals surface area contributed by atoms with Crippen LogP contribution >= 0.6 is 0 Å². The summed E-state index contributed by atoms with van der Waals surface area (Å²) in [6.45, 7) is 2.60. The molecule has 3 aliphatic heterocycles. The van der Waals surface area contributed by atoms with E-state index in [1.807, 2.05) is 12.1 Å². The number of piperazine rings is 1. The number of rotatable bonds is 11. The third kappa shape index (κ3) is 8.46. The van der Waals surface area contributed by atoms with Crippen LogP contribution in [0.2, 0.25) is 0 Å². The van der Waals surface area contributed by atoms with Gasteiger partial charge in [-0.3, -0.25) is 28.9 Å². The van der Waals surface area contributed by atoms with E-state index in [2.05, 4.69) is 40.7 Å². The number of nitrogens with zero attached hydrogens (tertiary/aromatic N) is 7. The number of piperidine rings is 1. The van der Waals surface area contributed by atoms with Gasteiger partial charge in [-0.1, -0.05) is 12.1 Å². The standard InChI is InChI=1S/C37H38F4N10O5S/c1-48(57(2,55)56)33-22(4-3-13-42-33)18-43-32-28(37(39,40)41)19-44-36(47-32)45-24-6-8-25(9-7-24)50-16-14-49(15-17-50)20-23-5-10-26-27(31(23)38)21-51(35(26)54)29-11-12-30(52)46-34(29)53/h3-10,13,19,29H,11-12,14-18,20-21H2,1-2H3,(H,46,52,53)(H2,43,44,45,47). The summed E-state index contributed by atoms with van der Waals surface area (Å²) < 4.78 is 82.7. The molecule has 1 atom stereocenters. The Labute approximate surface area is 325 Å². The third-order valence-corrected chi connectivity index (χ3v) is 11.4. The van der Waals surface area contributed by atoms with Crippen molar-refractivity contribution in [1.82, 2.24) is 30.1 Å². The predicted octanol–water partition coefficient (Wildman–Crippen LogP) is 3.86. The summed E-state index contributed by atoms with van der Waals surface area (Å²) in [5.41, 5.74) is 1.57. The van der Waals surface area contributed by atoms with Gasteiger partial charge in [-0.25, -0.2) is 22.8 Å². The minimum atomic E-state index is -4.77. The first-order valence-electron chi connectivity index (χ1n) is 17.9. The van der Waals surface area contributed by atoms with Crippen molar-refractivity contribution in [2.24, 2.45) is 0 Å². The van der Waals surface area contributed by atoms with Gasteiger partial charge in [-0.05, 0) is 42.8 Å². The van der Waals surface area contributed by atoms with Gasteiger partial charge in [0.25, 0.3) is 5.91 Å². The van der Waals surface area contributed by atoms with Gasteiger partial charge in [0.05, 0.1) is 12.8 Å². The number of imide groups is 1. The molecule has 2 aromatic heterocycles. The molecule has 0 radical (unpaired) electrons. The molecule has 57 heavy (non-hydrogen) atoms. The minimum Gasteiger partial charge on any atom is -0.369 e. The summed E-state index contributed by atoms with van der Waals surface area (Å²) in [6, 6.07) is 12.7. The number of pyridine rings is 1. The van der Waals surface area contributed by atoms with E-state index in [4.69, 9.17) is 0 Å². The fraction of sp³-hybridized carbons (Fsp3) is 0.351. The van der Waals surface area contributed by atoms with E-state index in [0.29, 0.717) is 55.7 Å². The summed E-state index contributed by atoms with van der Waals surface area (Å²) in [7, 11) is -2.39. The molecular weight excluding hydrogens is 773 g/mol. The number of alkyl halides is 3. The van der Waals surface area contributed by atoms with Crippen LogP contribution in [0.5, 0.6) is 0 Å². The highest BCUT2D eigenvalue weighted by molar-refractivity contribution is 7.92. The van der Waals surface area contributed by atoms with E-state index in [0.717, 1.165) is 16.2 Å². The second kappa shape index (κ2) is 15.6. The van der Waals surface area contributed by atoms with E-state index in [1.54, 1.807) is 36.4 Å². The van der Waals surface area contributed by atoms with Gasteiger partial charge in [0.1, 0.15) is 29.1 Å². The molecule has 20 heteroatoms. The summed E-state index contributed by atoms with van der Waals surface area (Å²) in [6.07, 6.45) is -1.42. The lowest BCUT2D eigenvalue weighted by Gasteiger charge is -2.36. The number of hydrogen-bond acceptors (Lipinski definition) is 12. The quantitative estimate of drug-likeness (QED) is 0.148. The summed E-state index contributed by atoms with van der Waals surface area (Å²) in [5.74, 6) is -2.39. The first-order chi connectivity index (χ1) is 27.1. The molecule has 3 aliphatic rings. The highest BCUT2D eigenvalue weighted by atomic mass is 32.2. The Balaban J connectivity index is 0.960. The molecule has 0 bridgehead atoms. The van der Waals surface area contributed by atoms with Crippen LogP contribution < -0.4 is 25.2 Å². The normalized spacial score (nSPS) is 17.7. The zero-order valence-electron chi connectivity index (χ0n) is 30.8. The molecular formula is C37H38F4N10O5S. The molecule has 15 nitrogen and oxygen atoms in total. The SMILES string of the molecule is CN(c1ncccc1CNc1nc(Nc2ccc(N3CCN(Cc4ccc5c(c4F)CN(C4CCC(=O)NC4=O)C5=O)CC3)cc2)ncc1C(F)(F)F)S(C)(=O)=O. The van der Waals surface area contributed by atoms with E-state index < -0.39 is 57.2 Å². The fourth-order valence-electron chi connectivity index (χ4n) is 7.04. The molecule has 300 valence electrons. The van der Waals surface area contributed by atoms with Crippen LogP contribution in [0.15, 0.2) is 60.9 Å². The molecule has 7 rings (SSSR count). The highest BCUT2D eigenvalue weighted by Gasteiger charge is 2.41. The molecule has 3 amide bonds. The van der Waals surface area contributed by atoms with E-state index in [1.165, 1.54) is 18.1 Å². The number of hydrogen-bond donors (Lipinski definition) is 3. The van der Waals surface area contributed by atoms with E-state index in [9.17, 15) is 36.0 Å². The van der Waals surface area contributed by atoms with Gasteiger partial charge in [0.15, 0.2) is 0 Å². The Hall–Kier alpha value is -5.89. The number of anilines is 5. The monoisotopic (exact) mass is 810 g/mol. The number of fused-ring (bicyclic) bond motifs is 1. The number of benzene rings is 2. The minimum absolute atomic E-state index is 0.0400. The van der Waals surface area contributed by atoms with Gasteiger partial charge < -0.3 is 20.4 Å². The molecule has 1 unspecified atom stereocenters.